The third-order valence-electron chi connectivity index (χ3n) is 5.92. The fourth-order valence-corrected chi connectivity index (χ4v) is 4.26. The summed E-state index contributed by atoms with van der Waals surface area (Å²) in [6.07, 6.45) is 1.22. The molecule has 31 heavy (non-hydrogen) atoms. The van der Waals surface area contributed by atoms with Crippen LogP contribution in [0, 0.1) is 0 Å². The van der Waals surface area contributed by atoms with Crippen LogP contribution in [0.2, 0.25) is 0 Å². The van der Waals surface area contributed by atoms with Crippen LogP contribution in [0.5, 0.6) is 0 Å². The number of benzene rings is 2. The lowest BCUT2D eigenvalue weighted by Gasteiger charge is -2.34. The summed E-state index contributed by atoms with van der Waals surface area (Å²) in [5, 5.41) is 0.817. The largest absolute Gasteiger partial charge is 0.469 e. The maximum absolute atomic E-state index is 12.9. The smallest absolute Gasteiger partial charge is 0.349 e. The first-order chi connectivity index (χ1) is 15.0. The van der Waals surface area contributed by atoms with Gasteiger partial charge in [0.1, 0.15) is 16.7 Å². The van der Waals surface area contributed by atoms with Crippen LogP contribution in [0.1, 0.15) is 31.2 Å². The summed E-state index contributed by atoms with van der Waals surface area (Å²) in [5.74, 6) is 0.240. The minimum atomic E-state index is -0.480. The second-order valence-electron chi connectivity index (χ2n) is 7.85. The number of methoxy groups -OCH3 is 1. The van der Waals surface area contributed by atoms with Crippen molar-refractivity contribution in [2.45, 2.75) is 25.7 Å². The molecule has 3 heterocycles. The summed E-state index contributed by atoms with van der Waals surface area (Å²) in [6.45, 7) is 3.52. The van der Waals surface area contributed by atoms with Gasteiger partial charge in [0, 0.05) is 29.7 Å². The number of rotatable bonds is 4. The molecule has 7 nitrogen and oxygen atoms in total. The van der Waals surface area contributed by atoms with Gasteiger partial charge in [0.2, 0.25) is 5.89 Å². The van der Waals surface area contributed by atoms with Crippen molar-refractivity contribution in [2.24, 2.45) is 0 Å². The molecule has 5 rings (SSSR count). The highest BCUT2D eigenvalue weighted by atomic mass is 16.5. The molecule has 2 aromatic carbocycles. The molecule has 0 N–H and O–H groups in total. The molecule has 0 saturated carbocycles. The van der Waals surface area contributed by atoms with Crippen LogP contribution in [0.15, 0.2) is 56.1 Å². The Hall–Kier alpha value is -3.61. The maximum Gasteiger partial charge on any atom is 0.349 e. The Balaban J connectivity index is 1.60. The topological polar surface area (TPSA) is 85.8 Å². The van der Waals surface area contributed by atoms with Crippen LogP contribution < -0.4 is 10.5 Å². The first-order valence-corrected chi connectivity index (χ1v) is 10.3. The Morgan fingerprint density at radius 1 is 1.23 bits per heavy atom. The SMILES string of the molecule is COC(=O)CCN1CCC(C)c2c1ccc1cc(-c3nc4ccccc4o3)c(=O)oc21. The van der Waals surface area contributed by atoms with Gasteiger partial charge in [-0.2, -0.15) is 0 Å². The van der Waals surface area contributed by atoms with E-state index in [4.69, 9.17) is 13.6 Å². The van der Waals surface area contributed by atoms with Gasteiger partial charge in [-0.3, -0.25) is 4.79 Å². The van der Waals surface area contributed by atoms with Gasteiger partial charge in [-0.05, 0) is 42.7 Å². The van der Waals surface area contributed by atoms with Crippen molar-refractivity contribution in [1.29, 1.82) is 0 Å². The summed E-state index contributed by atoms with van der Waals surface area (Å²) < 4.78 is 16.4. The number of esters is 1. The fourth-order valence-electron chi connectivity index (χ4n) is 4.26. The van der Waals surface area contributed by atoms with E-state index in [1.165, 1.54) is 7.11 Å². The van der Waals surface area contributed by atoms with E-state index >= 15 is 0 Å². The molecule has 0 fully saturated rings. The zero-order valence-electron chi connectivity index (χ0n) is 17.4. The lowest BCUT2D eigenvalue weighted by Crippen LogP contribution is -2.32. The normalized spacial score (nSPS) is 15.9. The van der Waals surface area contributed by atoms with Gasteiger partial charge in [-0.25, -0.2) is 9.78 Å². The van der Waals surface area contributed by atoms with Gasteiger partial charge in [0.05, 0.1) is 13.5 Å². The van der Waals surface area contributed by atoms with Gasteiger partial charge in [0.25, 0.3) is 0 Å². The van der Waals surface area contributed by atoms with Gasteiger partial charge >= 0.3 is 11.6 Å². The highest BCUT2D eigenvalue weighted by molar-refractivity contribution is 5.89. The van der Waals surface area contributed by atoms with E-state index in [9.17, 15) is 9.59 Å². The minimum absolute atomic E-state index is 0.228. The molecular weight excluding hydrogens is 396 g/mol. The van der Waals surface area contributed by atoms with Gasteiger partial charge in [-0.1, -0.05) is 19.1 Å². The Morgan fingerprint density at radius 2 is 2.06 bits per heavy atom. The number of carbonyl (C=O) groups is 1. The Bertz CT molecular complexity index is 1320. The van der Waals surface area contributed by atoms with Crippen LogP contribution in [0.4, 0.5) is 5.69 Å². The molecule has 1 aliphatic heterocycles. The quantitative estimate of drug-likeness (QED) is 0.357. The average Bonchev–Trinajstić information content (AvgIpc) is 3.21. The molecule has 158 valence electrons. The summed E-state index contributed by atoms with van der Waals surface area (Å²) in [6, 6.07) is 13.1. The van der Waals surface area contributed by atoms with Crippen molar-refractivity contribution in [3.05, 3.63) is 58.4 Å². The summed E-state index contributed by atoms with van der Waals surface area (Å²) in [7, 11) is 1.39. The van der Waals surface area contributed by atoms with E-state index in [2.05, 4.69) is 16.8 Å². The summed E-state index contributed by atoms with van der Waals surface area (Å²) in [4.78, 5) is 31.1. The Labute approximate surface area is 178 Å². The predicted molar refractivity (Wildman–Crippen MR) is 117 cm³/mol. The first-order valence-electron chi connectivity index (χ1n) is 10.3. The second-order valence-corrected chi connectivity index (χ2v) is 7.85. The highest BCUT2D eigenvalue weighted by Gasteiger charge is 2.27. The Morgan fingerprint density at radius 3 is 2.87 bits per heavy atom. The average molecular weight is 418 g/mol. The van der Waals surface area contributed by atoms with E-state index in [1.54, 1.807) is 6.07 Å². The summed E-state index contributed by atoms with van der Waals surface area (Å²) >= 11 is 0. The van der Waals surface area contributed by atoms with Gasteiger partial charge in [-0.15, -0.1) is 0 Å². The third kappa shape index (κ3) is 3.36. The molecule has 0 amide bonds. The zero-order valence-corrected chi connectivity index (χ0v) is 17.4. The number of carbonyl (C=O) groups excluding carboxylic acids is 1. The van der Waals surface area contributed by atoms with Crippen LogP contribution >= 0.6 is 0 Å². The van der Waals surface area contributed by atoms with Gasteiger partial charge < -0.3 is 18.5 Å². The second kappa shape index (κ2) is 7.58. The first kappa shape index (κ1) is 19.4. The molecule has 7 heteroatoms. The van der Waals surface area contributed by atoms with Crippen LogP contribution in [-0.4, -0.2) is 31.2 Å². The van der Waals surface area contributed by atoms with Crippen LogP contribution in [0.25, 0.3) is 33.5 Å². The lowest BCUT2D eigenvalue weighted by atomic mass is 9.89. The number of oxazole rings is 1. The number of hydrogen-bond donors (Lipinski definition) is 0. The fraction of sp³-hybridized carbons (Fsp3) is 0.292. The molecule has 1 aliphatic rings. The molecule has 0 saturated heterocycles. The third-order valence-corrected chi connectivity index (χ3v) is 5.92. The number of anilines is 1. The van der Waals surface area contributed by atoms with E-state index < -0.39 is 5.63 Å². The predicted octanol–water partition coefficient (Wildman–Crippen LogP) is 4.48. The summed E-state index contributed by atoms with van der Waals surface area (Å²) in [5.41, 5.74) is 3.70. The maximum atomic E-state index is 12.9. The number of hydrogen-bond acceptors (Lipinski definition) is 7. The molecule has 1 unspecified atom stereocenters. The molecule has 0 spiro atoms. The molecule has 2 aromatic heterocycles. The van der Waals surface area contributed by atoms with Crippen molar-refractivity contribution >= 4 is 33.7 Å². The number of aromatic nitrogens is 1. The van der Waals surface area contributed by atoms with Crippen molar-refractivity contribution in [2.75, 3.05) is 25.1 Å². The highest BCUT2D eigenvalue weighted by Crippen LogP contribution is 2.40. The minimum Gasteiger partial charge on any atom is -0.469 e. The Kier molecular flexibility index (Phi) is 4.73. The molecule has 1 atom stereocenters. The van der Waals surface area contributed by atoms with Crippen molar-refractivity contribution in [1.82, 2.24) is 4.98 Å². The van der Waals surface area contributed by atoms with Crippen LogP contribution in [0.3, 0.4) is 0 Å². The van der Waals surface area contributed by atoms with E-state index in [0.717, 1.165) is 29.6 Å². The molecule has 0 bridgehead atoms. The van der Waals surface area contributed by atoms with Crippen molar-refractivity contribution < 1.29 is 18.4 Å². The monoisotopic (exact) mass is 418 g/mol. The van der Waals surface area contributed by atoms with Crippen molar-refractivity contribution in [3.63, 3.8) is 0 Å². The molecule has 0 aliphatic carbocycles. The molecule has 0 radical (unpaired) electrons. The van der Waals surface area contributed by atoms with Gasteiger partial charge in [0.15, 0.2) is 5.58 Å². The molecular formula is C24H22N2O5. The standard InChI is InChI=1S/C24H22N2O5/c1-14-9-11-26(12-10-20(27)29-2)18-8-7-15-13-16(24(28)31-22(15)21(14)18)23-25-17-5-3-4-6-19(17)30-23/h3-8,13-14H,9-12H2,1-2H3. The number of para-hydroxylation sites is 2. The lowest BCUT2D eigenvalue weighted by molar-refractivity contribution is -0.140. The van der Waals surface area contributed by atoms with E-state index in [0.29, 0.717) is 35.2 Å². The molecule has 4 aromatic rings. The zero-order chi connectivity index (χ0) is 21.5. The van der Waals surface area contributed by atoms with Crippen molar-refractivity contribution in [3.8, 4) is 11.5 Å². The number of fused-ring (bicyclic) bond motifs is 4. The van der Waals surface area contributed by atoms with E-state index in [1.807, 2.05) is 36.4 Å². The van der Waals surface area contributed by atoms with Crippen LogP contribution in [-0.2, 0) is 9.53 Å². The number of ether oxygens (including phenoxy) is 1. The van der Waals surface area contributed by atoms with E-state index in [-0.39, 0.29) is 17.8 Å². The number of nitrogens with zero attached hydrogens (tertiary/aromatic N) is 2.